The van der Waals surface area contributed by atoms with Crippen molar-refractivity contribution in [1.82, 2.24) is 0 Å². The lowest BCUT2D eigenvalue weighted by atomic mass is 10.2. The fourth-order valence-electron chi connectivity index (χ4n) is 1.36. The van der Waals surface area contributed by atoms with Crippen molar-refractivity contribution in [2.75, 3.05) is 5.32 Å². The molecule has 0 aliphatic heterocycles. The molecule has 0 atom stereocenters. The van der Waals surface area contributed by atoms with Crippen LogP contribution in [0.25, 0.3) is 0 Å². The van der Waals surface area contributed by atoms with Gasteiger partial charge >= 0.3 is 0 Å². The number of halogens is 1. The number of rotatable bonds is 5. The number of carbonyl (C=O) groups is 1. The van der Waals surface area contributed by atoms with Gasteiger partial charge in [0.05, 0.1) is 9.82 Å². The molecule has 0 aliphatic rings. The molecule has 9 heteroatoms. The zero-order valence-corrected chi connectivity index (χ0v) is 11.5. The summed E-state index contributed by atoms with van der Waals surface area (Å²) in [5.74, 6) is -0.382. The standard InChI is InChI=1S/C10H11ClN2O5S/c1-2-3-10(14)12-8-5-4-7(19(11,17)18)6-9(8)13(15)16/h4-6H,2-3H2,1H3,(H,12,14). The van der Waals surface area contributed by atoms with Gasteiger partial charge in [-0.3, -0.25) is 14.9 Å². The minimum atomic E-state index is -4.06. The van der Waals surface area contributed by atoms with Crippen LogP contribution in [-0.4, -0.2) is 19.2 Å². The van der Waals surface area contributed by atoms with E-state index in [0.29, 0.717) is 6.42 Å². The van der Waals surface area contributed by atoms with E-state index in [-0.39, 0.29) is 18.0 Å². The fraction of sp³-hybridized carbons (Fsp3) is 0.300. The quantitative estimate of drug-likeness (QED) is 0.510. The molecule has 0 unspecified atom stereocenters. The van der Waals surface area contributed by atoms with Gasteiger partial charge in [-0.05, 0) is 18.6 Å². The summed E-state index contributed by atoms with van der Waals surface area (Å²) in [7, 11) is 1.05. The number of hydrogen-bond acceptors (Lipinski definition) is 5. The zero-order valence-electron chi connectivity index (χ0n) is 9.92. The summed E-state index contributed by atoms with van der Waals surface area (Å²) < 4.78 is 22.2. The lowest BCUT2D eigenvalue weighted by Crippen LogP contribution is -2.12. The monoisotopic (exact) mass is 306 g/mol. The molecule has 0 saturated carbocycles. The molecular formula is C10H11ClN2O5S. The molecule has 1 rings (SSSR count). The maximum Gasteiger partial charge on any atom is 0.294 e. The Labute approximate surface area is 114 Å². The van der Waals surface area contributed by atoms with E-state index in [1.54, 1.807) is 6.92 Å². The van der Waals surface area contributed by atoms with Crippen LogP contribution in [0.3, 0.4) is 0 Å². The summed E-state index contributed by atoms with van der Waals surface area (Å²) in [5.41, 5.74) is -0.585. The normalized spacial score (nSPS) is 11.1. The second-order valence-corrected chi connectivity index (χ2v) is 6.24. The highest BCUT2D eigenvalue weighted by Crippen LogP contribution is 2.29. The number of nitro benzene ring substituents is 1. The van der Waals surface area contributed by atoms with Crippen LogP contribution in [0.2, 0.25) is 0 Å². The Balaban J connectivity index is 3.20. The van der Waals surface area contributed by atoms with Gasteiger partial charge in [0.2, 0.25) is 5.91 Å². The summed E-state index contributed by atoms with van der Waals surface area (Å²) in [4.78, 5) is 21.1. The van der Waals surface area contributed by atoms with Crippen molar-refractivity contribution in [3.63, 3.8) is 0 Å². The van der Waals surface area contributed by atoms with Gasteiger partial charge in [0.15, 0.2) is 0 Å². The van der Waals surface area contributed by atoms with Crippen LogP contribution >= 0.6 is 10.7 Å². The van der Waals surface area contributed by atoms with Gasteiger partial charge in [-0.25, -0.2) is 8.42 Å². The van der Waals surface area contributed by atoms with Crippen molar-refractivity contribution in [2.24, 2.45) is 0 Å². The Morgan fingerprint density at radius 2 is 2.11 bits per heavy atom. The maximum absolute atomic E-state index is 11.4. The molecule has 0 radical (unpaired) electrons. The van der Waals surface area contributed by atoms with Gasteiger partial charge in [-0.2, -0.15) is 0 Å². The molecule has 0 aliphatic carbocycles. The number of carbonyl (C=O) groups excluding carboxylic acids is 1. The molecule has 0 saturated heterocycles. The van der Waals surface area contributed by atoms with E-state index in [1.165, 1.54) is 0 Å². The third-order valence-corrected chi connectivity index (χ3v) is 3.55. The Morgan fingerprint density at radius 1 is 1.47 bits per heavy atom. The smallest absolute Gasteiger partial charge is 0.294 e. The van der Waals surface area contributed by atoms with Crippen LogP contribution in [0.4, 0.5) is 11.4 Å². The van der Waals surface area contributed by atoms with Gasteiger partial charge in [0.25, 0.3) is 14.7 Å². The Hall–Kier alpha value is -1.67. The largest absolute Gasteiger partial charge is 0.320 e. The molecule has 0 fully saturated rings. The summed E-state index contributed by atoms with van der Waals surface area (Å²) in [5, 5.41) is 13.2. The van der Waals surface area contributed by atoms with E-state index in [2.05, 4.69) is 5.32 Å². The molecule has 1 aromatic carbocycles. The van der Waals surface area contributed by atoms with Gasteiger partial charge in [-0.1, -0.05) is 6.92 Å². The molecular weight excluding hydrogens is 296 g/mol. The molecule has 7 nitrogen and oxygen atoms in total. The van der Waals surface area contributed by atoms with E-state index in [4.69, 9.17) is 10.7 Å². The zero-order chi connectivity index (χ0) is 14.6. The molecule has 0 spiro atoms. The molecule has 1 aromatic rings. The highest BCUT2D eigenvalue weighted by Gasteiger charge is 2.20. The van der Waals surface area contributed by atoms with Gasteiger partial charge in [0.1, 0.15) is 5.69 Å². The van der Waals surface area contributed by atoms with Crippen LogP contribution in [0.15, 0.2) is 23.1 Å². The predicted molar refractivity (Wildman–Crippen MR) is 69.7 cm³/mol. The number of nitro groups is 1. The lowest BCUT2D eigenvalue weighted by molar-refractivity contribution is -0.384. The Morgan fingerprint density at radius 3 is 2.58 bits per heavy atom. The number of nitrogens with one attached hydrogen (secondary N) is 1. The topological polar surface area (TPSA) is 106 Å². The van der Waals surface area contributed by atoms with Crippen LogP contribution in [0.1, 0.15) is 19.8 Å². The first-order chi connectivity index (χ1) is 8.75. The lowest BCUT2D eigenvalue weighted by Gasteiger charge is -2.06. The van der Waals surface area contributed by atoms with Crippen molar-refractivity contribution in [3.8, 4) is 0 Å². The molecule has 19 heavy (non-hydrogen) atoms. The summed E-state index contributed by atoms with van der Waals surface area (Å²) in [6, 6.07) is 3.04. The van der Waals surface area contributed by atoms with Gasteiger partial charge < -0.3 is 5.32 Å². The van der Waals surface area contributed by atoms with E-state index in [0.717, 1.165) is 18.2 Å². The van der Waals surface area contributed by atoms with Crippen LogP contribution in [0.5, 0.6) is 0 Å². The molecule has 0 heterocycles. The van der Waals surface area contributed by atoms with E-state index in [9.17, 15) is 23.3 Å². The number of benzene rings is 1. The Kier molecular flexibility index (Phi) is 4.84. The van der Waals surface area contributed by atoms with Gasteiger partial charge in [-0.15, -0.1) is 0 Å². The Bertz CT molecular complexity index is 614. The van der Waals surface area contributed by atoms with Gasteiger partial charge in [0, 0.05) is 23.2 Å². The SMILES string of the molecule is CCCC(=O)Nc1ccc(S(=O)(=O)Cl)cc1[N+](=O)[O-]. The first-order valence-electron chi connectivity index (χ1n) is 5.28. The van der Waals surface area contributed by atoms with Crippen LogP contribution < -0.4 is 5.32 Å². The third kappa shape index (κ3) is 4.18. The first-order valence-corrected chi connectivity index (χ1v) is 7.59. The van der Waals surface area contributed by atoms with Crippen molar-refractivity contribution >= 4 is 37.0 Å². The van der Waals surface area contributed by atoms with Crippen molar-refractivity contribution < 1.29 is 18.1 Å². The summed E-state index contributed by atoms with van der Waals surface area (Å²) >= 11 is 0. The minimum Gasteiger partial charge on any atom is -0.320 e. The van der Waals surface area contributed by atoms with Crippen molar-refractivity contribution in [3.05, 3.63) is 28.3 Å². The number of amides is 1. The predicted octanol–water partition coefficient (Wildman–Crippen LogP) is 2.26. The van der Waals surface area contributed by atoms with E-state index in [1.807, 2.05) is 0 Å². The van der Waals surface area contributed by atoms with E-state index >= 15 is 0 Å². The third-order valence-electron chi connectivity index (χ3n) is 2.20. The minimum absolute atomic E-state index is 0.0625. The van der Waals surface area contributed by atoms with Crippen LogP contribution in [-0.2, 0) is 13.8 Å². The number of hydrogen-bond donors (Lipinski definition) is 1. The first kappa shape index (κ1) is 15.4. The molecule has 0 bridgehead atoms. The highest BCUT2D eigenvalue weighted by atomic mass is 35.7. The second kappa shape index (κ2) is 5.98. The van der Waals surface area contributed by atoms with Crippen LogP contribution in [0, 0.1) is 10.1 Å². The van der Waals surface area contributed by atoms with E-state index < -0.39 is 24.6 Å². The molecule has 0 aromatic heterocycles. The molecule has 1 N–H and O–H groups in total. The summed E-state index contributed by atoms with van der Waals surface area (Å²) in [6.07, 6.45) is 0.806. The van der Waals surface area contributed by atoms with Crippen molar-refractivity contribution in [1.29, 1.82) is 0 Å². The number of nitrogens with zero attached hydrogens (tertiary/aromatic N) is 1. The maximum atomic E-state index is 11.4. The molecule has 1 amide bonds. The second-order valence-electron chi connectivity index (χ2n) is 3.67. The fourth-order valence-corrected chi connectivity index (χ4v) is 2.13. The number of anilines is 1. The highest BCUT2D eigenvalue weighted by molar-refractivity contribution is 8.13. The average Bonchev–Trinajstić information content (AvgIpc) is 2.27. The molecule has 104 valence electrons. The van der Waals surface area contributed by atoms with Crippen molar-refractivity contribution in [2.45, 2.75) is 24.7 Å². The average molecular weight is 307 g/mol. The summed E-state index contributed by atoms with van der Waals surface area (Å²) in [6.45, 7) is 1.79.